The number of ether oxygens (including phenoxy) is 1. The average Bonchev–Trinajstić information content (AvgIpc) is 2.28. The van der Waals surface area contributed by atoms with Crippen LogP contribution in [0.25, 0.3) is 0 Å². The van der Waals surface area contributed by atoms with Crippen LogP contribution in [0.2, 0.25) is 0 Å². The van der Waals surface area contributed by atoms with E-state index in [1.807, 2.05) is 6.92 Å². The van der Waals surface area contributed by atoms with Crippen LogP contribution >= 0.6 is 0 Å². The van der Waals surface area contributed by atoms with Crippen molar-refractivity contribution in [2.45, 2.75) is 25.7 Å². The Morgan fingerprint density at radius 2 is 1.95 bits per heavy atom. The predicted molar refractivity (Wildman–Crippen MR) is 71.5 cm³/mol. The molecule has 0 aliphatic rings. The normalized spacial score (nSPS) is 11.2. The predicted octanol–water partition coefficient (Wildman–Crippen LogP) is 0.466. The number of nitrogens with two attached hydrogens (primary N) is 1. The molecule has 0 radical (unpaired) electrons. The second-order valence-electron chi connectivity index (χ2n) is 4.17. The number of carbonyl (C=O) groups is 1. The van der Waals surface area contributed by atoms with E-state index in [9.17, 15) is 13.2 Å². The molecule has 0 fully saturated rings. The number of amides is 1. The standard InChI is InChI=1S/C12H18N2O4S/c1-4-14-12(15)7-18-10-5-9(3)11(6-8(10)2)19(13,16)17/h5-6H,4,7H2,1-3H3,(H,14,15)(H2,13,16,17). The molecule has 1 aromatic rings. The maximum atomic E-state index is 11.3. The van der Waals surface area contributed by atoms with E-state index >= 15 is 0 Å². The molecule has 0 saturated carbocycles. The molecule has 19 heavy (non-hydrogen) atoms. The van der Waals surface area contributed by atoms with Gasteiger partial charge in [-0.3, -0.25) is 4.79 Å². The lowest BCUT2D eigenvalue weighted by molar-refractivity contribution is -0.122. The van der Waals surface area contributed by atoms with Crippen LogP contribution in [0, 0.1) is 13.8 Å². The molecular formula is C12H18N2O4S. The third-order valence-corrected chi connectivity index (χ3v) is 3.56. The van der Waals surface area contributed by atoms with Crippen molar-refractivity contribution in [1.82, 2.24) is 5.32 Å². The van der Waals surface area contributed by atoms with Crippen molar-refractivity contribution in [2.24, 2.45) is 5.14 Å². The van der Waals surface area contributed by atoms with Gasteiger partial charge in [-0.05, 0) is 44.0 Å². The lowest BCUT2D eigenvalue weighted by Gasteiger charge is -2.12. The molecule has 1 amide bonds. The minimum absolute atomic E-state index is 0.0651. The molecular weight excluding hydrogens is 268 g/mol. The summed E-state index contributed by atoms with van der Waals surface area (Å²) in [6.45, 7) is 5.56. The number of aryl methyl sites for hydroxylation is 2. The van der Waals surface area contributed by atoms with E-state index in [-0.39, 0.29) is 17.4 Å². The van der Waals surface area contributed by atoms with Crippen LogP contribution < -0.4 is 15.2 Å². The average molecular weight is 286 g/mol. The van der Waals surface area contributed by atoms with Gasteiger partial charge in [-0.15, -0.1) is 0 Å². The molecule has 1 rings (SSSR count). The molecule has 3 N–H and O–H groups in total. The summed E-state index contributed by atoms with van der Waals surface area (Å²) in [6.07, 6.45) is 0. The van der Waals surface area contributed by atoms with Gasteiger partial charge >= 0.3 is 0 Å². The molecule has 1 aromatic carbocycles. The minimum Gasteiger partial charge on any atom is -0.483 e. The number of hydrogen-bond acceptors (Lipinski definition) is 4. The van der Waals surface area contributed by atoms with Gasteiger partial charge in [-0.1, -0.05) is 0 Å². The van der Waals surface area contributed by atoms with Crippen molar-refractivity contribution >= 4 is 15.9 Å². The molecule has 0 atom stereocenters. The van der Waals surface area contributed by atoms with Crippen molar-refractivity contribution in [3.8, 4) is 5.75 Å². The Hall–Kier alpha value is -1.60. The number of benzene rings is 1. The number of nitrogens with one attached hydrogen (secondary N) is 1. The van der Waals surface area contributed by atoms with E-state index in [1.54, 1.807) is 19.9 Å². The fourth-order valence-electron chi connectivity index (χ4n) is 1.62. The zero-order valence-electron chi connectivity index (χ0n) is 11.2. The van der Waals surface area contributed by atoms with Crippen LogP contribution in [0.15, 0.2) is 17.0 Å². The van der Waals surface area contributed by atoms with Gasteiger partial charge in [0.25, 0.3) is 5.91 Å². The Kier molecular flexibility index (Phi) is 4.90. The first-order valence-corrected chi connectivity index (χ1v) is 7.34. The molecule has 0 aromatic heterocycles. The Morgan fingerprint density at radius 1 is 1.32 bits per heavy atom. The van der Waals surface area contributed by atoms with Crippen molar-refractivity contribution in [3.05, 3.63) is 23.3 Å². The lowest BCUT2D eigenvalue weighted by Crippen LogP contribution is -2.28. The molecule has 106 valence electrons. The lowest BCUT2D eigenvalue weighted by atomic mass is 10.1. The number of carbonyl (C=O) groups excluding carboxylic acids is 1. The molecule has 0 bridgehead atoms. The summed E-state index contributed by atoms with van der Waals surface area (Å²) in [5.74, 6) is 0.242. The summed E-state index contributed by atoms with van der Waals surface area (Å²) < 4.78 is 28.0. The van der Waals surface area contributed by atoms with E-state index in [0.717, 1.165) is 0 Å². The van der Waals surface area contributed by atoms with Gasteiger partial charge in [-0.25, -0.2) is 13.6 Å². The Labute approximate surface area is 113 Å². The number of rotatable bonds is 5. The van der Waals surface area contributed by atoms with Crippen molar-refractivity contribution in [1.29, 1.82) is 0 Å². The summed E-state index contributed by atoms with van der Waals surface area (Å²) in [7, 11) is -3.75. The first-order chi connectivity index (χ1) is 8.75. The minimum atomic E-state index is -3.75. The van der Waals surface area contributed by atoms with Crippen LogP contribution in [-0.4, -0.2) is 27.5 Å². The second-order valence-corrected chi connectivity index (χ2v) is 5.70. The quantitative estimate of drug-likeness (QED) is 0.821. The van der Waals surface area contributed by atoms with Gasteiger partial charge in [-0.2, -0.15) is 0 Å². The molecule has 0 unspecified atom stereocenters. The molecule has 0 aliphatic heterocycles. The monoisotopic (exact) mass is 286 g/mol. The highest BCUT2D eigenvalue weighted by Gasteiger charge is 2.14. The molecule has 7 heteroatoms. The third-order valence-electron chi connectivity index (χ3n) is 2.51. The molecule has 6 nitrogen and oxygen atoms in total. The van der Waals surface area contributed by atoms with Crippen LogP contribution in [0.4, 0.5) is 0 Å². The number of sulfonamides is 1. The van der Waals surface area contributed by atoms with Crippen molar-refractivity contribution in [3.63, 3.8) is 0 Å². The first-order valence-electron chi connectivity index (χ1n) is 5.79. The van der Waals surface area contributed by atoms with Gasteiger partial charge in [0, 0.05) is 6.54 Å². The maximum Gasteiger partial charge on any atom is 0.257 e. The van der Waals surface area contributed by atoms with E-state index in [4.69, 9.17) is 9.88 Å². The van der Waals surface area contributed by atoms with Gasteiger partial charge < -0.3 is 10.1 Å². The number of likely N-dealkylation sites (N-methyl/N-ethyl adjacent to an activating group) is 1. The zero-order valence-corrected chi connectivity index (χ0v) is 12.0. The first kappa shape index (κ1) is 15.5. The highest BCUT2D eigenvalue weighted by atomic mass is 32.2. The Balaban J connectivity index is 2.94. The van der Waals surface area contributed by atoms with Gasteiger partial charge in [0.1, 0.15) is 5.75 Å². The fourth-order valence-corrected chi connectivity index (χ4v) is 2.47. The molecule has 0 saturated heterocycles. The van der Waals surface area contributed by atoms with Gasteiger partial charge in [0.2, 0.25) is 10.0 Å². The number of hydrogen-bond donors (Lipinski definition) is 2. The topological polar surface area (TPSA) is 98.5 Å². The van der Waals surface area contributed by atoms with Crippen LogP contribution in [-0.2, 0) is 14.8 Å². The summed E-state index contributed by atoms with van der Waals surface area (Å²) in [5.41, 5.74) is 1.10. The summed E-state index contributed by atoms with van der Waals surface area (Å²) in [6, 6.07) is 3.01. The Morgan fingerprint density at radius 3 is 2.47 bits per heavy atom. The number of primary sulfonamides is 1. The molecule has 0 heterocycles. The van der Waals surface area contributed by atoms with E-state index in [0.29, 0.717) is 23.4 Å². The van der Waals surface area contributed by atoms with Crippen molar-refractivity contribution < 1.29 is 17.9 Å². The highest BCUT2D eigenvalue weighted by molar-refractivity contribution is 7.89. The van der Waals surface area contributed by atoms with Gasteiger partial charge in [0.15, 0.2) is 6.61 Å². The smallest absolute Gasteiger partial charge is 0.257 e. The SMILES string of the molecule is CCNC(=O)COc1cc(C)c(S(N)(=O)=O)cc1C. The van der Waals surface area contributed by atoms with Crippen LogP contribution in [0.3, 0.4) is 0 Å². The summed E-state index contributed by atoms with van der Waals surface area (Å²) in [5, 5.41) is 7.71. The van der Waals surface area contributed by atoms with E-state index in [2.05, 4.69) is 5.32 Å². The third kappa shape index (κ3) is 4.22. The van der Waals surface area contributed by atoms with E-state index < -0.39 is 10.0 Å². The van der Waals surface area contributed by atoms with Crippen LogP contribution in [0.5, 0.6) is 5.75 Å². The summed E-state index contributed by atoms with van der Waals surface area (Å²) >= 11 is 0. The maximum absolute atomic E-state index is 11.3. The molecule has 0 spiro atoms. The largest absolute Gasteiger partial charge is 0.483 e. The van der Waals surface area contributed by atoms with Crippen molar-refractivity contribution in [2.75, 3.05) is 13.2 Å². The highest BCUT2D eigenvalue weighted by Crippen LogP contribution is 2.25. The second kappa shape index (κ2) is 6.03. The fraction of sp³-hybridized carbons (Fsp3) is 0.417. The Bertz CT molecular complexity index is 582. The van der Waals surface area contributed by atoms with E-state index in [1.165, 1.54) is 6.07 Å². The molecule has 0 aliphatic carbocycles. The van der Waals surface area contributed by atoms with Gasteiger partial charge in [0.05, 0.1) is 4.90 Å². The zero-order chi connectivity index (χ0) is 14.6. The summed E-state index contributed by atoms with van der Waals surface area (Å²) in [4.78, 5) is 11.4. The van der Waals surface area contributed by atoms with Crippen LogP contribution in [0.1, 0.15) is 18.1 Å².